The molecule has 2 atom stereocenters. The number of rotatable bonds is 2. The molecule has 1 aliphatic rings. The van der Waals surface area contributed by atoms with Gasteiger partial charge in [-0.2, -0.15) is 0 Å². The number of nitrogens with zero attached hydrogens (tertiary/aromatic N) is 1. The van der Waals surface area contributed by atoms with Gasteiger partial charge in [-0.1, -0.05) is 25.1 Å². The molecule has 1 N–H and O–H groups in total. The van der Waals surface area contributed by atoms with E-state index in [0.29, 0.717) is 0 Å². The molecule has 2 rings (SSSR count). The first kappa shape index (κ1) is 11.0. The molecule has 86 valence electrons. The molecule has 0 spiro atoms. The van der Waals surface area contributed by atoms with Gasteiger partial charge in [-0.15, -0.1) is 0 Å². The third kappa shape index (κ3) is 1.39. The number of anilines is 1. The van der Waals surface area contributed by atoms with Gasteiger partial charge in [0.05, 0.1) is 6.42 Å². The van der Waals surface area contributed by atoms with E-state index in [9.17, 15) is 4.79 Å². The summed E-state index contributed by atoms with van der Waals surface area (Å²) >= 11 is 0. The summed E-state index contributed by atoms with van der Waals surface area (Å²) in [6, 6.07) is 8.28. The minimum Gasteiger partial charge on any atom is -0.481 e. The molecule has 1 heterocycles. The maximum absolute atomic E-state index is 11.0. The number of aliphatic carboxylic acids is 1. The van der Waals surface area contributed by atoms with Crippen LogP contribution in [0.1, 0.15) is 25.8 Å². The zero-order valence-electron chi connectivity index (χ0n) is 9.90. The van der Waals surface area contributed by atoms with Crippen molar-refractivity contribution < 1.29 is 9.90 Å². The monoisotopic (exact) mass is 219 g/mol. The van der Waals surface area contributed by atoms with Crippen molar-refractivity contribution in [2.24, 2.45) is 0 Å². The summed E-state index contributed by atoms with van der Waals surface area (Å²) < 4.78 is 0. The molecule has 1 aliphatic heterocycles. The van der Waals surface area contributed by atoms with Crippen LogP contribution in [0.15, 0.2) is 24.3 Å². The average Bonchev–Trinajstić information content (AvgIpc) is 2.42. The Morgan fingerprint density at radius 2 is 2.12 bits per heavy atom. The van der Waals surface area contributed by atoms with Gasteiger partial charge in [0.15, 0.2) is 0 Å². The van der Waals surface area contributed by atoms with Crippen molar-refractivity contribution in [3.8, 4) is 0 Å². The summed E-state index contributed by atoms with van der Waals surface area (Å²) in [5.41, 5.74) is 2.00. The van der Waals surface area contributed by atoms with Crippen LogP contribution in [-0.2, 0) is 10.2 Å². The quantitative estimate of drug-likeness (QED) is 0.829. The van der Waals surface area contributed by atoms with Crippen molar-refractivity contribution in [2.75, 3.05) is 11.9 Å². The van der Waals surface area contributed by atoms with Gasteiger partial charge in [0.1, 0.15) is 0 Å². The van der Waals surface area contributed by atoms with E-state index in [1.54, 1.807) is 0 Å². The molecular formula is C13H17NO2. The molecule has 1 aromatic carbocycles. The van der Waals surface area contributed by atoms with Crippen LogP contribution in [-0.4, -0.2) is 24.2 Å². The second-order valence-electron chi connectivity index (χ2n) is 4.79. The van der Waals surface area contributed by atoms with E-state index in [4.69, 9.17) is 5.11 Å². The van der Waals surface area contributed by atoms with Crippen molar-refractivity contribution in [1.82, 2.24) is 0 Å². The van der Waals surface area contributed by atoms with Crippen molar-refractivity contribution in [3.63, 3.8) is 0 Å². The summed E-state index contributed by atoms with van der Waals surface area (Å²) in [4.78, 5) is 13.2. The number of hydrogen-bond donors (Lipinski definition) is 1. The Morgan fingerprint density at radius 3 is 2.75 bits per heavy atom. The van der Waals surface area contributed by atoms with E-state index in [0.717, 1.165) is 11.3 Å². The molecule has 16 heavy (non-hydrogen) atoms. The lowest BCUT2D eigenvalue weighted by Crippen LogP contribution is -2.40. The lowest BCUT2D eigenvalue weighted by Gasteiger charge is -2.31. The number of hydrogen-bond acceptors (Lipinski definition) is 2. The lowest BCUT2D eigenvalue weighted by molar-refractivity contribution is -0.138. The first-order valence-electron chi connectivity index (χ1n) is 5.51. The van der Waals surface area contributed by atoms with Crippen molar-refractivity contribution >= 4 is 11.7 Å². The normalized spacial score (nSPS) is 27.9. The SMILES string of the molecule is CC1N(C)c2ccccc2C1(C)CC(=O)O. The van der Waals surface area contributed by atoms with Crippen LogP contribution in [0.4, 0.5) is 5.69 Å². The maximum atomic E-state index is 11.0. The lowest BCUT2D eigenvalue weighted by atomic mass is 9.76. The summed E-state index contributed by atoms with van der Waals surface area (Å²) in [6.45, 7) is 4.12. The largest absolute Gasteiger partial charge is 0.481 e. The summed E-state index contributed by atoms with van der Waals surface area (Å²) in [5.74, 6) is -0.737. The number of benzene rings is 1. The standard InChI is InChI=1S/C13H17NO2/c1-9-13(2,8-12(15)16)10-6-4-5-7-11(10)14(9)3/h4-7,9H,8H2,1-3H3,(H,15,16). The second kappa shape index (κ2) is 3.51. The zero-order valence-corrected chi connectivity index (χ0v) is 9.90. The maximum Gasteiger partial charge on any atom is 0.304 e. The van der Waals surface area contributed by atoms with Crippen molar-refractivity contribution in [2.45, 2.75) is 31.7 Å². The highest BCUT2D eigenvalue weighted by molar-refractivity contribution is 5.73. The first-order valence-corrected chi connectivity index (χ1v) is 5.51. The van der Waals surface area contributed by atoms with Crippen LogP contribution in [0, 0.1) is 0 Å². The van der Waals surface area contributed by atoms with Crippen LogP contribution in [0.5, 0.6) is 0 Å². The molecular weight excluding hydrogens is 202 g/mol. The van der Waals surface area contributed by atoms with E-state index >= 15 is 0 Å². The molecule has 2 unspecified atom stereocenters. The number of carboxylic acid groups (broad SMARTS) is 1. The van der Waals surface area contributed by atoms with Crippen molar-refractivity contribution in [3.05, 3.63) is 29.8 Å². The molecule has 0 bridgehead atoms. The molecule has 0 amide bonds. The molecule has 1 aromatic rings. The van der Waals surface area contributed by atoms with E-state index in [-0.39, 0.29) is 17.9 Å². The molecule has 0 radical (unpaired) electrons. The van der Waals surface area contributed by atoms with Crippen LogP contribution in [0.3, 0.4) is 0 Å². The van der Waals surface area contributed by atoms with Gasteiger partial charge >= 0.3 is 5.97 Å². The molecule has 0 fully saturated rings. The number of carboxylic acids is 1. The predicted molar refractivity (Wildman–Crippen MR) is 63.9 cm³/mol. The molecule has 0 saturated carbocycles. The third-order valence-corrected chi connectivity index (χ3v) is 3.92. The smallest absolute Gasteiger partial charge is 0.304 e. The molecule has 0 aliphatic carbocycles. The molecule has 3 nitrogen and oxygen atoms in total. The first-order chi connectivity index (χ1) is 7.47. The van der Waals surface area contributed by atoms with Gasteiger partial charge < -0.3 is 10.0 Å². The second-order valence-corrected chi connectivity index (χ2v) is 4.79. The fourth-order valence-electron chi connectivity index (χ4n) is 2.68. The Balaban J connectivity index is 2.51. The van der Waals surface area contributed by atoms with Crippen LogP contribution >= 0.6 is 0 Å². The number of carbonyl (C=O) groups is 1. The van der Waals surface area contributed by atoms with Gasteiger partial charge in [0.25, 0.3) is 0 Å². The average molecular weight is 219 g/mol. The number of fused-ring (bicyclic) bond motifs is 1. The predicted octanol–water partition coefficient (Wildman–Crippen LogP) is 2.26. The van der Waals surface area contributed by atoms with Gasteiger partial charge in [0, 0.05) is 24.2 Å². The fraction of sp³-hybridized carbons (Fsp3) is 0.462. The Kier molecular flexibility index (Phi) is 2.41. The Labute approximate surface area is 95.7 Å². The minimum atomic E-state index is -0.737. The Hall–Kier alpha value is -1.51. The highest BCUT2D eigenvalue weighted by Gasteiger charge is 2.44. The molecule has 0 saturated heterocycles. The highest BCUT2D eigenvalue weighted by Crippen LogP contribution is 2.46. The Morgan fingerprint density at radius 1 is 1.50 bits per heavy atom. The third-order valence-electron chi connectivity index (χ3n) is 3.92. The zero-order chi connectivity index (χ0) is 11.9. The van der Waals surface area contributed by atoms with Crippen molar-refractivity contribution in [1.29, 1.82) is 0 Å². The Bertz CT molecular complexity index is 430. The summed E-state index contributed by atoms with van der Waals surface area (Å²) in [5, 5.41) is 9.05. The summed E-state index contributed by atoms with van der Waals surface area (Å²) in [7, 11) is 2.02. The van der Waals surface area contributed by atoms with Gasteiger partial charge in [-0.3, -0.25) is 4.79 Å². The number of para-hydroxylation sites is 1. The minimum absolute atomic E-state index is 0.176. The van der Waals surface area contributed by atoms with Gasteiger partial charge in [0.2, 0.25) is 0 Å². The van der Waals surface area contributed by atoms with Gasteiger partial charge in [-0.25, -0.2) is 0 Å². The van der Waals surface area contributed by atoms with Crippen LogP contribution in [0.25, 0.3) is 0 Å². The molecule has 3 heteroatoms. The molecule has 0 aromatic heterocycles. The van der Waals surface area contributed by atoms with E-state index in [1.165, 1.54) is 0 Å². The van der Waals surface area contributed by atoms with Crippen LogP contribution in [0.2, 0.25) is 0 Å². The van der Waals surface area contributed by atoms with E-state index in [2.05, 4.69) is 17.9 Å². The van der Waals surface area contributed by atoms with Gasteiger partial charge in [-0.05, 0) is 18.6 Å². The number of likely N-dealkylation sites (N-methyl/N-ethyl adjacent to an activating group) is 1. The fourth-order valence-corrected chi connectivity index (χ4v) is 2.68. The van der Waals surface area contributed by atoms with Crippen LogP contribution < -0.4 is 4.90 Å². The topological polar surface area (TPSA) is 40.5 Å². The van der Waals surface area contributed by atoms with E-state index in [1.807, 2.05) is 32.2 Å². The summed E-state index contributed by atoms with van der Waals surface area (Å²) in [6.07, 6.45) is 0.176. The van der Waals surface area contributed by atoms with E-state index < -0.39 is 5.97 Å². The highest BCUT2D eigenvalue weighted by atomic mass is 16.4.